The van der Waals surface area contributed by atoms with E-state index in [4.69, 9.17) is 20.7 Å². The van der Waals surface area contributed by atoms with Crippen molar-refractivity contribution in [3.63, 3.8) is 0 Å². The van der Waals surface area contributed by atoms with Crippen LogP contribution in [0.15, 0.2) is 247 Å². The van der Waals surface area contributed by atoms with Gasteiger partial charge in [0.1, 0.15) is 5.84 Å². The summed E-state index contributed by atoms with van der Waals surface area (Å²) in [7, 11) is 0. The van der Waals surface area contributed by atoms with E-state index in [-0.39, 0.29) is 0 Å². The predicted molar refractivity (Wildman–Crippen MR) is 276 cm³/mol. The molecule has 0 spiro atoms. The second-order valence-corrected chi connectivity index (χ2v) is 16.4. The lowest BCUT2D eigenvalue weighted by atomic mass is 9.88. The van der Waals surface area contributed by atoms with E-state index in [2.05, 4.69) is 169 Å². The van der Waals surface area contributed by atoms with Gasteiger partial charge >= 0.3 is 0 Å². The van der Waals surface area contributed by atoms with Gasteiger partial charge in [-0.05, 0) is 103 Å². The number of benzene rings is 9. The molecule has 11 rings (SSSR count). The highest BCUT2D eigenvalue weighted by molar-refractivity contribution is 6.15. The fraction of sp³-hybridized carbons (Fsp3) is 0.0164. The molecule has 11 aromatic rings. The molecular formula is C61H43N5. The van der Waals surface area contributed by atoms with Gasteiger partial charge in [-0.1, -0.05) is 188 Å². The second kappa shape index (κ2) is 17.8. The van der Waals surface area contributed by atoms with E-state index >= 15 is 0 Å². The van der Waals surface area contributed by atoms with Crippen molar-refractivity contribution in [2.24, 2.45) is 15.7 Å². The van der Waals surface area contributed by atoms with E-state index < -0.39 is 0 Å². The summed E-state index contributed by atoms with van der Waals surface area (Å²) in [6.07, 6.45) is 3.81. The number of hydrogen-bond donors (Lipinski definition) is 1. The van der Waals surface area contributed by atoms with Gasteiger partial charge in [0, 0.05) is 39.9 Å². The fourth-order valence-corrected chi connectivity index (χ4v) is 8.92. The maximum absolute atomic E-state index is 6.50. The standard InChI is InChI=1S/C61H43N5/c62-60(44-17-6-2-7-18-44)66-61(45-19-8-3-9-20-45)64-39-41-27-29-43(30-28-41)48-36-49(47-22-14-21-46(35-47)42-15-4-1-5-16-42)38-50(37-48)51-31-32-56(53-24-11-10-23-52(51)53)59-57-40-63-34-33-54(57)55-25-12-13-26-58(55)65-59/h1-38,40H,39H2,(H2,62,64,66). The van der Waals surface area contributed by atoms with E-state index in [9.17, 15) is 0 Å². The van der Waals surface area contributed by atoms with E-state index in [0.29, 0.717) is 18.2 Å². The minimum absolute atomic E-state index is 0.428. The summed E-state index contributed by atoms with van der Waals surface area (Å²) in [6.45, 7) is 0.448. The fourth-order valence-electron chi connectivity index (χ4n) is 8.92. The Hall–Kier alpha value is -8.80. The summed E-state index contributed by atoms with van der Waals surface area (Å²) < 4.78 is 0. The molecule has 2 N–H and O–H groups in total. The van der Waals surface area contributed by atoms with Crippen molar-refractivity contribution < 1.29 is 0 Å². The van der Waals surface area contributed by atoms with Crippen LogP contribution in [0, 0.1) is 0 Å². The number of nitrogens with zero attached hydrogens (tertiary/aromatic N) is 4. The van der Waals surface area contributed by atoms with Gasteiger partial charge in [0.05, 0.1) is 17.8 Å². The number of aliphatic imine (C=N–C) groups is 2. The number of hydrogen-bond acceptors (Lipinski definition) is 3. The molecule has 5 heteroatoms. The van der Waals surface area contributed by atoms with Gasteiger partial charge in [-0.25, -0.2) is 9.98 Å². The summed E-state index contributed by atoms with van der Waals surface area (Å²) in [5, 5.41) is 5.59. The zero-order valence-electron chi connectivity index (χ0n) is 36.1. The first-order valence-electron chi connectivity index (χ1n) is 22.2. The molecule has 2 aromatic heterocycles. The van der Waals surface area contributed by atoms with Gasteiger partial charge in [0.25, 0.3) is 0 Å². The zero-order chi connectivity index (χ0) is 44.2. The Morgan fingerprint density at radius 3 is 1.70 bits per heavy atom. The van der Waals surface area contributed by atoms with Gasteiger partial charge in [0.2, 0.25) is 0 Å². The maximum Gasteiger partial charge on any atom is 0.157 e. The molecule has 0 saturated heterocycles. The van der Waals surface area contributed by atoms with Crippen LogP contribution in [0.5, 0.6) is 0 Å². The van der Waals surface area contributed by atoms with E-state index in [0.717, 1.165) is 93.8 Å². The number of aromatic nitrogens is 2. The maximum atomic E-state index is 6.50. The third-order valence-electron chi connectivity index (χ3n) is 12.3. The minimum Gasteiger partial charge on any atom is -0.383 e. The van der Waals surface area contributed by atoms with Crippen molar-refractivity contribution in [2.45, 2.75) is 6.54 Å². The largest absolute Gasteiger partial charge is 0.383 e. The molecule has 0 aliphatic rings. The van der Waals surface area contributed by atoms with Crippen LogP contribution >= 0.6 is 0 Å². The Morgan fingerprint density at radius 2 is 0.955 bits per heavy atom. The monoisotopic (exact) mass is 845 g/mol. The van der Waals surface area contributed by atoms with E-state index in [1.807, 2.05) is 73.1 Å². The van der Waals surface area contributed by atoms with Crippen LogP contribution in [-0.2, 0) is 6.54 Å². The number of amidine groups is 2. The molecule has 0 fully saturated rings. The molecule has 0 atom stereocenters. The molecule has 0 aliphatic heterocycles. The topological polar surface area (TPSA) is 76.5 Å². The lowest BCUT2D eigenvalue weighted by molar-refractivity contribution is 1.06. The Bertz CT molecular complexity index is 3600. The summed E-state index contributed by atoms with van der Waals surface area (Å²) >= 11 is 0. The van der Waals surface area contributed by atoms with Crippen molar-refractivity contribution in [2.75, 3.05) is 0 Å². The Kier molecular flexibility index (Phi) is 10.8. The Labute approximate surface area is 384 Å². The normalized spacial score (nSPS) is 11.9. The third-order valence-corrected chi connectivity index (χ3v) is 12.3. The molecule has 0 amide bonds. The van der Waals surface area contributed by atoms with Crippen LogP contribution in [0.1, 0.15) is 16.7 Å². The first-order valence-corrected chi connectivity index (χ1v) is 22.2. The smallest absolute Gasteiger partial charge is 0.157 e. The molecular weight excluding hydrogens is 803 g/mol. The van der Waals surface area contributed by atoms with E-state index in [1.54, 1.807) is 0 Å². The Morgan fingerprint density at radius 1 is 0.409 bits per heavy atom. The first kappa shape index (κ1) is 40.0. The van der Waals surface area contributed by atoms with Crippen molar-refractivity contribution in [3.8, 4) is 55.8 Å². The number of fused-ring (bicyclic) bond motifs is 4. The molecule has 0 radical (unpaired) electrons. The molecule has 0 aliphatic carbocycles. The summed E-state index contributed by atoms with van der Waals surface area (Å²) in [4.78, 5) is 19.6. The van der Waals surface area contributed by atoms with Crippen molar-refractivity contribution in [1.29, 1.82) is 0 Å². The number of pyridine rings is 2. The highest BCUT2D eigenvalue weighted by Gasteiger charge is 2.17. The Balaban J connectivity index is 1.01. The molecule has 9 aromatic carbocycles. The SMILES string of the molecule is NC(=NC(=NCc1ccc(-c2cc(-c3cccc(-c4ccccc4)c3)cc(-c3ccc(-c4nc5ccccc5c5ccncc45)c4ccccc34)c2)cc1)c1ccccc1)c1ccccc1. The first-order chi connectivity index (χ1) is 32.6. The summed E-state index contributed by atoms with van der Waals surface area (Å²) in [5.41, 5.74) is 21.5. The molecule has 66 heavy (non-hydrogen) atoms. The van der Waals surface area contributed by atoms with E-state index in [1.165, 1.54) is 11.1 Å². The third kappa shape index (κ3) is 8.02. The van der Waals surface area contributed by atoms with Crippen LogP contribution in [0.3, 0.4) is 0 Å². The minimum atomic E-state index is 0.428. The van der Waals surface area contributed by atoms with Crippen LogP contribution in [0.4, 0.5) is 0 Å². The number of para-hydroxylation sites is 1. The highest BCUT2D eigenvalue weighted by atomic mass is 15.0. The lowest BCUT2D eigenvalue weighted by Gasteiger charge is -2.16. The summed E-state index contributed by atoms with van der Waals surface area (Å²) in [6, 6.07) is 78.5. The zero-order valence-corrected chi connectivity index (χ0v) is 36.1. The van der Waals surface area contributed by atoms with Gasteiger partial charge in [-0.2, -0.15) is 0 Å². The van der Waals surface area contributed by atoms with Crippen LogP contribution in [0.25, 0.3) is 88.2 Å². The van der Waals surface area contributed by atoms with Crippen LogP contribution in [-0.4, -0.2) is 21.6 Å². The molecule has 5 nitrogen and oxygen atoms in total. The van der Waals surface area contributed by atoms with Crippen molar-refractivity contribution in [3.05, 3.63) is 254 Å². The molecule has 0 bridgehead atoms. The predicted octanol–water partition coefficient (Wildman–Crippen LogP) is 14.6. The molecule has 0 saturated carbocycles. The molecule has 312 valence electrons. The number of rotatable bonds is 9. The van der Waals surface area contributed by atoms with Crippen molar-refractivity contribution in [1.82, 2.24) is 9.97 Å². The number of nitrogens with two attached hydrogens (primary N) is 1. The average Bonchev–Trinajstić information content (AvgIpc) is 3.40. The van der Waals surface area contributed by atoms with Crippen molar-refractivity contribution >= 4 is 44.1 Å². The van der Waals surface area contributed by atoms with Crippen LogP contribution in [0.2, 0.25) is 0 Å². The quantitative estimate of drug-likeness (QED) is 0.0893. The van der Waals surface area contributed by atoms with Gasteiger partial charge < -0.3 is 5.73 Å². The van der Waals surface area contributed by atoms with Crippen LogP contribution < -0.4 is 5.73 Å². The molecule has 0 unspecified atom stereocenters. The van der Waals surface area contributed by atoms with Gasteiger partial charge in [-0.3, -0.25) is 9.98 Å². The lowest BCUT2D eigenvalue weighted by Crippen LogP contribution is -2.16. The summed E-state index contributed by atoms with van der Waals surface area (Å²) in [5.74, 6) is 1.02. The molecule has 2 heterocycles. The average molecular weight is 846 g/mol. The second-order valence-electron chi connectivity index (χ2n) is 16.4. The van der Waals surface area contributed by atoms with Gasteiger partial charge in [-0.15, -0.1) is 0 Å². The highest BCUT2D eigenvalue weighted by Crippen LogP contribution is 2.41. The van der Waals surface area contributed by atoms with Gasteiger partial charge in [0.15, 0.2) is 5.84 Å².